The molecule has 0 aromatic carbocycles. The van der Waals surface area contributed by atoms with Gasteiger partial charge in [0.1, 0.15) is 5.76 Å². The number of hydrogen-bond donors (Lipinski definition) is 1. The first-order valence-corrected chi connectivity index (χ1v) is 7.08. The third kappa shape index (κ3) is 3.02. The molecular weight excluding hydrogens is 292 g/mol. The number of amides is 1. The SMILES string of the molecule is Cc1cc(NC(=O)C(C)Sc2nc3ncccn3n2)no1. The normalized spacial score (nSPS) is 12.5. The van der Waals surface area contributed by atoms with E-state index in [1.165, 1.54) is 11.8 Å². The van der Waals surface area contributed by atoms with E-state index in [2.05, 4.69) is 25.5 Å². The van der Waals surface area contributed by atoms with Crippen LogP contribution in [0.1, 0.15) is 12.7 Å². The quantitative estimate of drug-likeness (QED) is 0.730. The average molecular weight is 304 g/mol. The maximum absolute atomic E-state index is 12.0. The Balaban J connectivity index is 1.67. The molecule has 1 N–H and O–H groups in total. The second-order valence-electron chi connectivity index (χ2n) is 4.33. The maximum Gasteiger partial charge on any atom is 0.253 e. The van der Waals surface area contributed by atoms with Crippen molar-refractivity contribution in [1.82, 2.24) is 24.7 Å². The van der Waals surface area contributed by atoms with Crippen LogP contribution in [0, 0.1) is 6.92 Å². The molecule has 9 heteroatoms. The van der Waals surface area contributed by atoms with Crippen molar-refractivity contribution in [3.05, 3.63) is 30.3 Å². The molecule has 0 saturated carbocycles. The summed E-state index contributed by atoms with van der Waals surface area (Å²) in [5, 5.41) is 10.7. The standard InChI is InChI=1S/C12H12N6O2S/c1-7-6-9(17-20-7)14-10(19)8(2)21-12-15-11-13-4-3-5-18(11)16-12/h3-6,8H,1-2H3,(H,14,17,19). The number of anilines is 1. The van der Waals surface area contributed by atoms with Crippen molar-refractivity contribution in [2.75, 3.05) is 5.32 Å². The van der Waals surface area contributed by atoms with Crippen molar-refractivity contribution in [1.29, 1.82) is 0 Å². The zero-order valence-electron chi connectivity index (χ0n) is 11.3. The lowest BCUT2D eigenvalue weighted by Gasteiger charge is -2.07. The molecule has 0 aliphatic heterocycles. The van der Waals surface area contributed by atoms with E-state index < -0.39 is 0 Å². The van der Waals surface area contributed by atoms with Gasteiger partial charge in [-0.25, -0.2) is 9.50 Å². The van der Waals surface area contributed by atoms with Gasteiger partial charge >= 0.3 is 0 Å². The van der Waals surface area contributed by atoms with Gasteiger partial charge in [0.15, 0.2) is 5.82 Å². The van der Waals surface area contributed by atoms with Gasteiger partial charge in [-0.15, -0.1) is 5.10 Å². The zero-order chi connectivity index (χ0) is 14.8. The molecule has 0 radical (unpaired) electrons. The molecule has 1 atom stereocenters. The van der Waals surface area contributed by atoms with E-state index in [1.54, 1.807) is 42.9 Å². The predicted molar refractivity (Wildman–Crippen MR) is 76.0 cm³/mol. The highest BCUT2D eigenvalue weighted by Gasteiger charge is 2.18. The lowest BCUT2D eigenvalue weighted by Crippen LogP contribution is -2.22. The fourth-order valence-electron chi connectivity index (χ4n) is 1.63. The molecule has 0 aliphatic rings. The third-order valence-corrected chi connectivity index (χ3v) is 3.58. The number of nitrogens with one attached hydrogen (secondary N) is 1. The van der Waals surface area contributed by atoms with Crippen LogP contribution in [0.15, 0.2) is 34.2 Å². The molecule has 0 bridgehead atoms. The monoisotopic (exact) mass is 304 g/mol. The molecule has 21 heavy (non-hydrogen) atoms. The summed E-state index contributed by atoms with van der Waals surface area (Å²) >= 11 is 1.25. The van der Waals surface area contributed by atoms with Crippen LogP contribution in [0.4, 0.5) is 5.82 Å². The fourth-order valence-corrected chi connectivity index (χ4v) is 2.38. The van der Waals surface area contributed by atoms with Crippen LogP contribution in [0.5, 0.6) is 0 Å². The van der Waals surface area contributed by atoms with E-state index in [0.717, 1.165) is 0 Å². The van der Waals surface area contributed by atoms with Gasteiger partial charge in [-0.3, -0.25) is 4.79 Å². The molecule has 3 aromatic rings. The Morgan fingerprint density at radius 2 is 2.38 bits per heavy atom. The summed E-state index contributed by atoms with van der Waals surface area (Å²) < 4.78 is 6.46. The zero-order valence-corrected chi connectivity index (χ0v) is 12.2. The maximum atomic E-state index is 12.0. The lowest BCUT2D eigenvalue weighted by molar-refractivity contribution is -0.115. The molecule has 3 heterocycles. The number of carbonyl (C=O) groups excluding carboxylic acids is 1. The first-order valence-electron chi connectivity index (χ1n) is 6.20. The molecule has 0 fully saturated rings. The number of aryl methyl sites for hydroxylation is 1. The first kappa shape index (κ1) is 13.6. The van der Waals surface area contributed by atoms with E-state index in [0.29, 0.717) is 22.5 Å². The second-order valence-corrected chi connectivity index (χ2v) is 5.64. The predicted octanol–water partition coefficient (Wildman–Crippen LogP) is 1.54. The number of hydrogen-bond acceptors (Lipinski definition) is 7. The Kier molecular flexibility index (Phi) is 3.57. The van der Waals surface area contributed by atoms with Gasteiger partial charge in [-0.05, 0) is 19.9 Å². The smallest absolute Gasteiger partial charge is 0.253 e. The molecule has 108 valence electrons. The highest BCUT2D eigenvalue weighted by molar-refractivity contribution is 8.00. The molecule has 3 rings (SSSR count). The van der Waals surface area contributed by atoms with Crippen molar-refractivity contribution in [3.8, 4) is 0 Å². The van der Waals surface area contributed by atoms with Crippen LogP contribution in [-0.4, -0.2) is 35.9 Å². The first-order chi connectivity index (χ1) is 10.1. The Labute approximate surface area is 123 Å². The number of nitrogens with zero attached hydrogens (tertiary/aromatic N) is 5. The number of thioether (sulfide) groups is 1. The number of fused-ring (bicyclic) bond motifs is 1. The Hall–Kier alpha value is -2.42. The molecule has 1 unspecified atom stereocenters. The van der Waals surface area contributed by atoms with Crippen molar-refractivity contribution in [3.63, 3.8) is 0 Å². The molecule has 1 amide bonds. The van der Waals surface area contributed by atoms with Crippen LogP contribution < -0.4 is 5.32 Å². The summed E-state index contributed by atoms with van der Waals surface area (Å²) in [6.45, 7) is 3.53. The van der Waals surface area contributed by atoms with Crippen molar-refractivity contribution < 1.29 is 9.32 Å². The minimum atomic E-state index is -0.376. The van der Waals surface area contributed by atoms with Gasteiger partial charge in [0, 0.05) is 18.5 Å². The van der Waals surface area contributed by atoms with Gasteiger partial charge in [0.2, 0.25) is 11.1 Å². The summed E-state index contributed by atoms with van der Waals surface area (Å²) in [6, 6.07) is 3.42. The van der Waals surface area contributed by atoms with Gasteiger partial charge < -0.3 is 9.84 Å². The lowest BCUT2D eigenvalue weighted by atomic mass is 10.4. The van der Waals surface area contributed by atoms with Crippen LogP contribution in [-0.2, 0) is 4.79 Å². The van der Waals surface area contributed by atoms with Gasteiger partial charge in [-0.2, -0.15) is 4.98 Å². The van der Waals surface area contributed by atoms with Crippen LogP contribution in [0.3, 0.4) is 0 Å². The molecule has 0 saturated heterocycles. The number of aromatic nitrogens is 5. The van der Waals surface area contributed by atoms with Crippen molar-refractivity contribution in [2.24, 2.45) is 0 Å². The summed E-state index contributed by atoms with van der Waals surface area (Å²) in [6.07, 6.45) is 3.39. The highest BCUT2D eigenvalue weighted by Crippen LogP contribution is 2.21. The van der Waals surface area contributed by atoms with Gasteiger partial charge in [0.05, 0.1) is 5.25 Å². The van der Waals surface area contributed by atoms with E-state index in [-0.39, 0.29) is 11.2 Å². The molecule has 8 nitrogen and oxygen atoms in total. The van der Waals surface area contributed by atoms with E-state index in [4.69, 9.17) is 4.52 Å². The minimum absolute atomic E-state index is 0.194. The average Bonchev–Trinajstić information content (AvgIpc) is 3.04. The number of carbonyl (C=O) groups is 1. The van der Waals surface area contributed by atoms with Crippen LogP contribution >= 0.6 is 11.8 Å². The third-order valence-electron chi connectivity index (χ3n) is 2.63. The van der Waals surface area contributed by atoms with Crippen LogP contribution in [0.2, 0.25) is 0 Å². The Bertz CT molecular complexity index is 750. The highest BCUT2D eigenvalue weighted by atomic mass is 32.2. The molecule has 0 spiro atoms. The number of rotatable bonds is 4. The summed E-state index contributed by atoms with van der Waals surface area (Å²) in [5.41, 5.74) is 0. The molecule has 0 aliphatic carbocycles. The Morgan fingerprint density at radius 1 is 1.52 bits per heavy atom. The minimum Gasteiger partial charge on any atom is -0.360 e. The van der Waals surface area contributed by atoms with Crippen molar-refractivity contribution in [2.45, 2.75) is 24.3 Å². The van der Waals surface area contributed by atoms with E-state index in [1.807, 2.05) is 0 Å². The van der Waals surface area contributed by atoms with E-state index >= 15 is 0 Å². The fraction of sp³-hybridized carbons (Fsp3) is 0.250. The summed E-state index contributed by atoms with van der Waals surface area (Å²) in [5.74, 6) is 1.34. The summed E-state index contributed by atoms with van der Waals surface area (Å²) in [4.78, 5) is 20.4. The second kappa shape index (κ2) is 5.52. The van der Waals surface area contributed by atoms with Gasteiger partial charge in [-0.1, -0.05) is 16.9 Å². The van der Waals surface area contributed by atoms with E-state index in [9.17, 15) is 4.79 Å². The summed E-state index contributed by atoms with van der Waals surface area (Å²) in [7, 11) is 0. The topological polar surface area (TPSA) is 98.2 Å². The Morgan fingerprint density at radius 3 is 3.10 bits per heavy atom. The molecule has 3 aromatic heterocycles. The largest absolute Gasteiger partial charge is 0.360 e. The molecular formula is C12H12N6O2S. The van der Waals surface area contributed by atoms with Crippen molar-refractivity contribution >= 4 is 29.3 Å². The van der Waals surface area contributed by atoms with Gasteiger partial charge in [0.25, 0.3) is 5.78 Å². The van der Waals surface area contributed by atoms with Crippen LogP contribution in [0.25, 0.3) is 5.78 Å².